The Hall–Kier alpha value is -1.78. The molecule has 1 saturated heterocycles. The number of ketones is 1. The Bertz CT molecular complexity index is 969. The first-order valence-electron chi connectivity index (χ1n) is 8.47. The second kappa shape index (κ2) is 7.33. The third-order valence-electron chi connectivity index (χ3n) is 4.47. The van der Waals surface area contributed by atoms with Gasteiger partial charge in [-0.3, -0.25) is 4.79 Å². The summed E-state index contributed by atoms with van der Waals surface area (Å²) in [7, 11) is 0. The van der Waals surface area contributed by atoms with Gasteiger partial charge in [-0.15, -0.1) is 0 Å². The minimum Gasteiger partial charge on any atom is -0.341 e. The fourth-order valence-corrected chi connectivity index (χ4v) is 4.42. The maximum atomic E-state index is 13.4. The largest absolute Gasteiger partial charge is 0.341 e. The summed E-state index contributed by atoms with van der Waals surface area (Å²) in [4.78, 5) is 13.3. The van der Waals surface area contributed by atoms with Crippen molar-refractivity contribution >= 4 is 40.7 Å². The molecule has 0 amide bonds. The molecule has 1 heterocycles. The van der Waals surface area contributed by atoms with Crippen molar-refractivity contribution in [1.29, 1.82) is 0 Å². The highest BCUT2D eigenvalue weighted by Crippen LogP contribution is 2.60. The summed E-state index contributed by atoms with van der Waals surface area (Å²) in [6.07, 6.45) is -0.329. The average Bonchev–Trinajstić information content (AvgIpc) is 3.39. The monoisotopic (exact) mass is 414 g/mol. The predicted octanol–water partition coefficient (Wildman–Crippen LogP) is 6.74. The van der Waals surface area contributed by atoms with E-state index >= 15 is 0 Å². The van der Waals surface area contributed by atoms with E-state index in [2.05, 4.69) is 0 Å². The van der Waals surface area contributed by atoms with Gasteiger partial charge in [-0.25, -0.2) is 0 Å². The normalized spacial score (nSPS) is 21.1. The van der Waals surface area contributed by atoms with Gasteiger partial charge in [0.25, 0.3) is 0 Å². The lowest BCUT2D eigenvalue weighted by Gasteiger charge is -2.13. The molecule has 0 aromatic heterocycles. The summed E-state index contributed by atoms with van der Waals surface area (Å²) < 4.78 is 6.05. The van der Waals surface area contributed by atoms with Crippen LogP contribution < -0.4 is 0 Å². The van der Waals surface area contributed by atoms with Crippen LogP contribution in [-0.4, -0.2) is 10.7 Å². The van der Waals surface area contributed by atoms with E-state index in [-0.39, 0.29) is 11.9 Å². The molecule has 0 radical (unpaired) electrons. The molecule has 3 aromatic carbocycles. The first-order valence-corrected chi connectivity index (χ1v) is 10.0. The number of aryl methyl sites for hydroxylation is 1. The smallest absolute Gasteiger partial charge is 0.212 e. The van der Waals surface area contributed by atoms with E-state index < -0.39 is 4.93 Å². The zero-order valence-electron chi connectivity index (χ0n) is 14.5. The zero-order valence-corrected chi connectivity index (χ0v) is 16.8. The summed E-state index contributed by atoms with van der Waals surface area (Å²) in [5, 5.41) is 1.31. The van der Waals surface area contributed by atoms with Crippen molar-refractivity contribution in [3.8, 4) is 0 Å². The number of hydrogen-bond acceptors (Lipinski definition) is 3. The number of carbonyl (C=O) groups is 1. The lowest BCUT2D eigenvalue weighted by molar-refractivity contribution is 0.0935. The van der Waals surface area contributed by atoms with Gasteiger partial charge in [-0.05, 0) is 48.9 Å². The van der Waals surface area contributed by atoms with E-state index in [9.17, 15) is 4.79 Å². The van der Waals surface area contributed by atoms with Gasteiger partial charge < -0.3 is 4.74 Å². The minimum absolute atomic E-state index is 0.0394. The molecule has 2 atom stereocenters. The number of rotatable bonds is 5. The Morgan fingerprint density at radius 1 is 0.889 bits per heavy atom. The van der Waals surface area contributed by atoms with Crippen LogP contribution in [0, 0.1) is 6.92 Å². The average molecular weight is 415 g/mol. The SMILES string of the molecule is Cc1ccc(C(=O)C2(Sc3ccc(Cl)cc3)OC2c2ccc(Cl)cc2)cc1. The number of hydrogen-bond donors (Lipinski definition) is 0. The van der Waals surface area contributed by atoms with Crippen molar-refractivity contribution in [3.63, 3.8) is 0 Å². The minimum atomic E-state index is -0.989. The summed E-state index contributed by atoms with van der Waals surface area (Å²) in [6, 6.07) is 22.4. The molecule has 1 aliphatic heterocycles. The first-order chi connectivity index (χ1) is 13.0. The molecule has 0 saturated carbocycles. The zero-order chi connectivity index (χ0) is 19.0. The number of epoxide rings is 1. The van der Waals surface area contributed by atoms with E-state index in [4.69, 9.17) is 27.9 Å². The van der Waals surface area contributed by atoms with Crippen LogP contribution >= 0.6 is 35.0 Å². The van der Waals surface area contributed by atoms with Gasteiger partial charge in [-0.1, -0.05) is 76.9 Å². The van der Waals surface area contributed by atoms with Gasteiger partial charge in [0.2, 0.25) is 10.7 Å². The molecule has 2 nitrogen and oxygen atoms in total. The molecule has 0 aliphatic carbocycles. The highest BCUT2D eigenvalue weighted by Gasteiger charge is 2.64. The second-order valence-corrected chi connectivity index (χ2v) is 8.62. The van der Waals surface area contributed by atoms with E-state index in [1.165, 1.54) is 11.8 Å². The third-order valence-corrected chi connectivity index (χ3v) is 6.28. The molecular formula is C22H16Cl2O2S. The molecule has 0 spiro atoms. The number of ether oxygens (including phenoxy) is 1. The molecule has 136 valence electrons. The van der Waals surface area contributed by atoms with E-state index in [0.29, 0.717) is 15.6 Å². The van der Waals surface area contributed by atoms with Crippen LogP contribution in [0.2, 0.25) is 10.0 Å². The van der Waals surface area contributed by atoms with Gasteiger partial charge in [-0.2, -0.15) is 0 Å². The molecule has 3 aromatic rings. The van der Waals surface area contributed by atoms with Gasteiger partial charge in [0.15, 0.2) is 0 Å². The standard InChI is InChI=1S/C22H16Cl2O2S/c1-14-2-4-15(5-3-14)20(25)22(27-19-12-10-18(24)11-13-19)21(26-22)16-6-8-17(23)9-7-16/h2-13,21H,1H3. The number of carbonyl (C=O) groups excluding carboxylic acids is 1. The van der Waals surface area contributed by atoms with Gasteiger partial charge >= 0.3 is 0 Å². The van der Waals surface area contributed by atoms with E-state index in [0.717, 1.165) is 16.0 Å². The molecule has 4 rings (SSSR count). The number of thioether (sulfide) groups is 1. The highest BCUT2D eigenvalue weighted by molar-refractivity contribution is 8.01. The van der Waals surface area contributed by atoms with Crippen LogP contribution in [0.3, 0.4) is 0 Å². The third kappa shape index (κ3) is 3.78. The van der Waals surface area contributed by atoms with Crippen molar-refractivity contribution in [3.05, 3.63) is 99.5 Å². The van der Waals surface area contributed by atoms with Crippen LogP contribution in [0.15, 0.2) is 77.7 Å². The van der Waals surface area contributed by atoms with Crippen molar-refractivity contribution in [1.82, 2.24) is 0 Å². The molecular weight excluding hydrogens is 399 g/mol. The van der Waals surface area contributed by atoms with Gasteiger partial charge in [0, 0.05) is 20.5 Å². The van der Waals surface area contributed by atoms with Crippen molar-refractivity contribution in [2.75, 3.05) is 0 Å². The van der Waals surface area contributed by atoms with E-state index in [1.807, 2.05) is 79.7 Å². The summed E-state index contributed by atoms with van der Waals surface area (Å²) in [6.45, 7) is 2.00. The van der Waals surface area contributed by atoms with Crippen LogP contribution in [0.25, 0.3) is 0 Å². The van der Waals surface area contributed by atoms with Gasteiger partial charge in [0.1, 0.15) is 6.10 Å². The van der Waals surface area contributed by atoms with Crippen molar-refractivity contribution in [2.45, 2.75) is 22.9 Å². The van der Waals surface area contributed by atoms with E-state index in [1.54, 1.807) is 0 Å². The molecule has 1 aliphatic rings. The predicted molar refractivity (Wildman–Crippen MR) is 111 cm³/mol. The lowest BCUT2D eigenvalue weighted by atomic mass is 10.0. The Morgan fingerprint density at radius 2 is 1.44 bits per heavy atom. The molecule has 1 fully saturated rings. The number of Topliss-reactive ketones (excluding diaryl/α,β-unsaturated/α-hetero) is 1. The second-order valence-electron chi connectivity index (χ2n) is 6.47. The summed E-state index contributed by atoms with van der Waals surface area (Å²) in [5.41, 5.74) is 2.68. The number of benzene rings is 3. The Balaban J connectivity index is 1.69. The molecule has 0 N–H and O–H groups in total. The molecule has 27 heavy (non-hydrogen) atoms. The van der Waals surface area contributed by atoms with Crippen molar-refractivity contribution in [2.24, 2.45) is 0 Å². The van der Waals surface area contributed by atoms with Crippen molar-refractivity contribution < 1.29 is 9.53 Å². The maximum Gasteiger partial charge on any atom is 0.212 e. The highest BCUT2D eigenvalue weighted by atomic mass is 35.5. The van der Waals surface area contributed by atoms with Crippen LogP contribution in [-0.2, 0) is 4.74 Å². The van der Waals surface area contributed by atoms with Crippen LogP contribution in [0.5, 0.6) is 0 Å². The topological polar surface area (TPSA) is 29.6 Å². The summed E-state index contributed by atoms with van der Waals surface area (Å²) >= 11 is 13.4. The Morgan fingerprint density at radius 3 is 2.04 bits per heavy atom. The first kappa shape index (κ1) is 18.6. The van der Waals surface area contributed by atoms with Gasteiger partial charge in [0.05, 0.1) is 0 Å². The Labute approximate surface area is 172 Å². The quantitative estimate of drug-likeness (QED) is 0.341. The lowest BCUT2D eigenvalue weighted by Crippen LogP contribution is -2.22. The molecule has 5 heteroatoms. The molecule has 0 bridgehead atoms. The summed E-state index contributed by atoms with van der Waals surface area (Å²) in [5.74, 6) is -0.0394. The van der Waals surface area contributed by atoms with Crippen LogP contribution in [0.4, 0.5) is 0 Å². The maximum absolute atomic E-state index is 13.4. The Kier molecular flexibility index (Phi) is 5.04. The molecule has 2 unspecified atom stereocenters. The number of halogens is 2. The van der Waals surface area contributed by atoms with Crippen LogP contribution in [0.1, 0.15) is 27.6 Å². The fraction of sp³-hybridized carbons (Fsp3) is 0.136. The fourth-order valence-electron chi connectivity index (χ4n) is 2.95.